The summed E-state index contributed by atoms with van der Waals surface area (Å²) in [5.41, 5.74) is 6.25. The quantitative estimate of drug-likeness (QED) is 0.429. The second-order valence-electron chi connectivity index (χ2n) is 7.93. The molecule has 0 radical (unpaired) electrons. The fourth-order valence-corrected chi connectivity index (χ4v) is 4.13. The Balaban J connectivity index is 1.60. The summed E-state index contributed by atoms with van der Waals surface area (Å²) in [5.74, 6) is 1.99. The molecule has 2 heterocycles. The lowest BCUT2D eigenvalue weighted by Gasteiger charge is -2.10. The van der Waals surface area contributed by atoms with Crippen molar-refractivity contribution < 1.29 is 9.47 Å². The lowest BCUT2D eigenvalue weighted by atomic mass is 10.1. The molecule has 0 saturated heterocycles. The Morgan fingerprint density at radius 2 is 1.70 bits per heavy atom. The Morgan fingerprint density at radius 3 is 2.45 bits per heavy atom. The zero-order valence-electron chi connectivity index (χ0n) is 18.9. The number of imidazole rings is 2. The molecule has 2 aromatic heterocycles. The zero-order valence-corrected chi connectivity index (χ0v) is 18.9. The van der Waals surface area contributed by atoms with E-state index in [1.54, 1.807) is 42.5 Å². The zero-order chi connectivity index (χ0) is 23.1. The Hall–Kier alpha value is -4.26. The van der Waals surface area contributed by atoms with Crippen molar-refractivity contribution in [3.8, 4) is 39.8 Å². The van der Waals surface area contributed by atoms with Crippen molar-refractivity contribution in [3.63, 3.8) is 0 Å². The summed E-state index contributed by atoms with van der Waals surface area (Å²) in [5, 5.41) is 0. The molecule has 1 N–H and O–H groups in total. The van der Waals surface area contributed by atoms with E-state index in [-0.39, 0.29) is 5.69 Å². The van der Waals surface area contributed by atoms with Gasteiger partial charge in [-0.3, -0.25) is 9.13 Å². The number of hydrogen-bond acceptors (Lipinski definition) is 4. The molecule has 166 valence electrons. The maximum Gasteiger partial charge on any atom is 0.333 e. The Kier molecular flexibility index (Phi) is 5.01. The number of benzene rings is 3. The molecule has 7 heteroatoms. The molecule has 7 nitrogen and oxygen atoms in total. The van der Waals surface area contributed by atoms with Gasteiger partial charge in [0.05, 0.1) is 42.8 Å². The van der Waals surface area contributed by atoms with E-state index in [1.807, 2.05) is 42.6 Å². The van der Waals surface area contributed by atoms with Crippen LogP contribution in [0, 0.1) is 6.92 Å². The van der Waals surface area contributed by atoms with Gasteiger partial charge in [-0.05, 0) is 37.3 Å². The summed E-state index contributed by atoms with van der Waals surface area (Å²) in [4.78, 5) is 21.1. The average molecular weight is 441 g/mol. The van der Waals surface area contributed by atoms with Gasteiger partial charge < -0.3 is 14.5 Å². The van der Waals surface area contributed by atoms with Crippen molar-refractivity contribution >= 4 is 11.0 Å². The lowest BCUT2D eigenvalue weighted by molar-refractivity contribution is 0.355. The molecule has 0 aliphatic heterocycles. The van der Waals surface area contributed by atoms with Crippen LogP contribution >= 0.6 is 0 Å². The summed E-state index contributed by atoms with van der Waals surface area (Å²) < 4.78 is 14.1. The first-order valence-electron chi connectivity index (χ1n) is 10.6. The smallest absolute Gasteiger partial charge is 0.333 e. The van der Waals surface area contributed by atoms with E-state index < -0.39 is 0 Å². The fraction of sp³-hybridized carbons (Fsp3) is 0.154. The molecule has 3 aromatic carbocycles. The molecule has 0 unspecified atom stereocenters. The molecule has 0 atom stereocenters. The van der Waals surface area contributed by atoms with Crippen molar-refractivity contribution in [2.45, 2.75) is 6.92 Å². The van der Waals surface area contributed by atoms with Gasteiger partial charge in [0.2, 0.25) is 0 Å². The standard InChI is InChI=1S/C26H24N4O3/c1-16-6-5-7-18(12-16)25-27-15-20(28-25)17-8-10-21-22(13-17)29(2)26(31)30(21)19-9-11-23(32-3)24(14-19)33-4/h5-15H,1-4H3,(H,27,28). The van der Waals surface area contributed by atoms with E-state index in [2.05, 4.69) is 29.0 Å². The average Bonchev–Trinajstić information content (AvgIpc) is 3.42. The Bertz CT molecular complexity index is 1540. The summed E-state index contributed by atoms with van der Waals surface area (Å²) >= 11 is 0. The van der Waals surface area contributed by atoms with Gasteiger partial charge in [-0.2, -0.15) is 0 Å². The molecule has 0 aliphatic carbocycles. The number of nitrogens with one attached hydrogen (secondary N) is 1. The van der Waals surface area contributed by atoms with Crippen LogP contribution in [0.3, 0.4) is 0 Å². The highest BCUT2D eigenvalue weighted by Gasteiger charge is 2.16. The maximum absolute atomic E-state index is 13.1. The molecule has 5 rings (SSSR count). The first-order chi connectivity index (χ1) is 16.0. The summed E-state index contributed by atoms with van der Waals surface area (Å²) in [6.07, 6.45) is 1.82. The third-order valence-corrected chi connectivity index (χ3v) is 5.86. The van der Waals surface area contributed by atoms with Crippen LogP contribution in [0.5, 0.6) is 11.5 Å². The van der Waals surface area contributed by atoms with Crippen LogP contribution in [0.25, 0.3) is 39.4 Å². The van der Waals surface area contributed by atoms with Crippen LogP contribution in [-0.2, 0) is 7.05 Å². The number of aryl methyl sites for hydroxylation is 2. The van der Waals surface area contributed by atoms with Crippen LogP contribution in [0.2, 0.25) is 0 Å². The van der Waals surface area contributed by atoms with E-state index >= 15 is 0 Å². The Labute approximate surface area is 190 Å². The molecule has 5 aromatic rings. The number of hydrogen-bond donors (Lipinski definition) is 1. The maximum atomic E-state index is 13.1. The molecule has 0 spiro atoms. The van der Waals surface area contributed by atoms with Crippen molar-refractivity contribution in [1.29, 1.82) is 0 Å². The highest BCUT2D eigenvalue weighted by atomic mass is 16.5. The molecular weight excluding hydrogens is 416 g/mol. The molecule has 0 amide bonds. The number of nitrogens with zero attached hydrogens (tertiary/aromatic N) is 3. The van der Waals surface area contributed by atoms with Crippen molar-refractivity contribution in [2.24, 2.45) is 7.05 Å². The molecule has 0 fully saturated rings. The van der Waals surface area contributed by atoms with Crippen LogP contribution in [0.15, 0.2) is 71.7 Å². The number of H-pyrrole nitrogens is 1. The summed E-state index contributed by atoms with van der Waals surface area (Å²) in [6, 6.07) is 19.6. The molecule has 0 bridgehead atoms. The first-order valence-corrected chi connectivity index (χ1v) is 10.6. The van der Waals surface area contributed by atoms with Gasteiger partial charge in [0.1, 0.15) is 5.82 Å². The summed E-state index contributed by atoms with van der Waals surface area (Å²) in [6.45, 7) is 2.06. The van der Waals surface area contributed by atoms with Gasteiger partial charge >= 0.3 is 5.69 Å². The Morgan fingerprint density at radius 1 is 0.879 bits per heavy atom. The minimum atomic E-state index is -0.139. The van der Waals surface area contributed by atoms with E-state index in [0.717, 1.165) is 33.7 Å². The van der Waals surface area contributed by atoms with Gasteiger partial charge in [-0.25, -0.2) is 9.78 Å². The molecule has 0 saturated carbocycles. The number of methoxy groups -OCH3 is 2. The fourth-order valence-electron chi connectivity index (χ4n) is 4.13. The van der Waals surface area contributed by atoms with Crippen molar-refractivity contribution in [3.05, 3.63) is 82.9 Å². The highest BCUT2D eigenvalue weighted by Crippen LogP contribution is 2.31. The van der Waals surface area contributed by atoms with Crippen LogP contribution in [0.1, 0.15) is 5.56 Å². The predicted octanol–water partition coefficient (Wildman–Crippen LogP) is 4.71. The second-order valence-corrected chi connectivity index (χ2v) is 7.93. The number of aromatic nitrogens is 4. The minimum absolute atomic E-state index is 0.139. The van der Waals surface area contributed by atoms with Crippen molar-refractivity contribution in [2.75, 3.05) is 14.2 Å². The third kappa shape index (κ3) is 3.47. The van der Waals surface area contributed by atoms with E-state index in [0.29, 0.717) is 17.2 Å². The minimum Gasteiger partial charge on any atom is -0.493 e. The van der Waals surface area contributed by atoms with Gasteiger partial charge in [0.25, 0.3) is 0 Å². The van der Waals surface area contributed by atoms with Crippen LogP contribution in [-0.4, -0.2) is 33.3 Å². The number of rotatable bonds is 5. The van der Waals surface area contributed by atoms with E-state index in [1.165, 1.54) is 5.56 Å². The normalized spacial score (nSPS) is 11.2. The largest absolute Gasteiger partial charge is 0.493 e. The molecular formula is C26H24N4O3. The van der Waals surface area contributed by atoms with Gasteiger partial charge in [0, 0.05) is 24.2 Å². The highest BCUT2D eigenvalue weighted by molar-refractivity contribution is 5.83. The lowest BCUT2D eigenvalue weighted by Crippen LogP contribution is -2.20. The second kappa shape index (κ2) is 8.02. The number of fused-ring (bicyclic) bond motifs is 1. The molecule has 33 heavy (non-hydrogen) atoms. The SMILES string of the molecule is COc1ccc(-n2c(=O)n(C)c3cc(-c4cnc(-c5cccc(C)c5)[nH]4)ccc32)cc1OC. The van der Waals surface area contributed by atoms with Gasteiger partial charge in [-0.1, -0.05) is 29.8 Å². The third-order valence-electron chi connectivity index (χ3n) is 5.86. The van der Waals surface area contributed by atoms with Crippen LogP contribution < -0.4 is 15.2 Å². The van der Waals surface area contributed by atoms with Gasteiger partial charge in [-0.15, -0.1) is 0 Å². The summed E-state index contributed by atoms with van der Waals surface area (Å²) in [7, 11) is 4.94. The first kappa shape index (κ1) is 20.6. The van der Waals surface area contributed by atoms with Crippen LogP contribution in [0.4, 0.5) is 0 Å². The molecule has 0 aliphatic rings. The van der Waals surface area contributed by atoms with E-state index in [4.69, 9.17) is 9.47 Å². The van der Waals surface area contributed by atoms with Crippen molar-refractivity contribution in [1.82, 2.24) is 19.1 Å². The monoisotopic (exact) mass is 440 g/mol. The topological polar surface area (TPSA) is 74.1 Å². The predicted molar refractivity (Wildman–Crippen MR) is 129 cm³/mol. The number of aromatic amines is 1. The van der Waals surface area contributed by atoms with Gasteiger partial charge in [0.15, 0.2) is 11.5 Å². The number of ether oxygens (including phenoxy) is 2. The van der Waals surface area contributed by atoms with E-state index in [9.17, 15) is 4.79 Å².